The van der Waals surface area contributed by atoms with Crippen LogP contribution in [0.25, 0.3) is 0 Å². The highest BCUT2D eigenvalue weighted by atomic mass is 35.5. The van der Waals surface area contributed by atoms with Crippen molar-refractivity contribution in [3.63, 3.8) is 0 Å². The molecule has 3 rings (SSSR count). The summed E-state index contributed by atoms with van der Waals surface area (Å²) >= 11 is 5.78. The first kappa shape index (κ1) is 16.3. The number of benzene rings is 2. The molecule has 7 heteroatoms. The largest absolute Gasteiger partial charge is 0.374 e. The van der Waals surface area contributed by atoms with E-state index >= 15 is 0 Å². The molecule has 1 saturated heterocycles. The molecular formula is C17H15ClFN3O2. The summed E-state index contributed by atoms with van der Waals surface area (Å²) in [7, 11) is 0. The van der Waals surface area contributed by atoms with Crippen LogP contribution in [0.5, 0.6) is 0 Å². The summed E-state index contributed by atoms with van der Waals surface area (Å²) in [4.78, 5) is 25.2. The minimum Gasteiger partial charge on any atom is -0.374 e. The van der Waals surface area contributed by atoms with Gasteiger partial charge in [0.1, 0.15) is 11.9 Å². The first-order chi connectivity index (χ1) is 11.5. The fraction of sp³-hybridized carbons (Fsp3) is 0.176. The number of hydrogen-bond acceptors (Lipinski definition) is 3. The van der Waals surface area contributed by atoms with E-state index in [1.807, 2.05) is 0 Å². The van der Waals surface area contributed by atoms with E-state index in [0.717, 1.165) is 5.69 Å². The number of nitrogens with one attached hydrogen (secondary N) is 1. The van der Waals surface area contributed by atoms with Crippen molar-refractivity contribution in [1.29, 1.82) is 0 Å². The van der Waals surface area contributed by atoms with E-state index in [1.165, 1.54) is 18.2 Å². The number of primary amides is 1. The van der Waals surface area contributed by atoms with Gasteiger partial charge in [0, 0.05) is 23.5 Å². The Morgan fingerprint density at radius 3 is 2.58 bits per heavy atom. The lowest BCUT2D eigenvalue weighted by Crippen LogP contribution is -2.33. The predicted octanol–water partition coefficient (Wildman–Crippen LogP) is 2.80. The summed E-state index contributed by atoms with van der Waals surface area (Å²) in [5, 5.41) is 3.12. The molecule has 2 amide bonds. The Bertz CT molecular complexity index is 795. The molecule has 0 spiro atoms. The molecule has 1 aliphatic heterocycles. The van der Waals surface area contributed by atoms with Gasteiger partial charge in [0.2, 0.25) is 11.8 Å². The van der Waals surface area contributed by atoms with Gasteiger partial charge >= 0.3 is 0 Å². The van der Waals surface area contributed by atoms with E-state index < -0.39 is 17.8 Å². The first-order valence-electron chi connectivity index (χ1n) is 7.38. The van der Waals surface area contributed by atoms with Crippen LogP contribution in [-0.2, 0) is 4.79 Å². The zero-order chi connectivity index (χ0) is 17.3. The number of nitrogens with zero attached hydrogens (tertiary/aromatic N) is 1. The highest BCUT2D eigenvalue weighted by Gasteiger charge is 2.32. The molecule has 0 radical (unpaired) electrons. The van der Waals surface area contributed by atoms with Crippen LogP contribution < -0.4 is 16.0 Å². The maximum atomic E-state index is 13.3. The summed E-state index contributed by atoms with van der Waals surface area (Å²) in [5.74, 6) is -1.13. The average molecular weight is 348 g/mol. The van der Waals surface area contributed by atoms with Crippen LogP contribution in [0.15, 0.2) is 42.5 Å². The molecule has 1 heterocycles. The zero-order valence-corrected chi connectivity index (χ0v) is 13.4. The summed E-state index contributed by atoms with van der Waals surface area (Å²) in [6.45, 7) is 0.512. The number of hydrogen-bond donors (Lipinski definition) is 2. The van der Waals surface area contributed by atoms with Crippen LogP contribution in [-0.4, -0.2) is 24.4 Å². The molecule has 0 saturated carbocycles. The molecule has 24 heavy (non-hydrogen) atoms. The fourth-order valence-electron chi connectivity index (χ4n) is 2.66. The third-order valence-electron chi connectivity index (χ3n) is 3.93. The Labute approximate surface area is 143 Å². The van der Waals surface area contributed by atoms with E-state index in [-0.39, 0.29) is 10.9 Å². The second-order valence-electron chi connectivity index (χ2n) is 5.52. The second kappa shape index (κ2) is 6.49. The molecule has 2 aromatic rings. The quantitative estimate of drug-likeness (QED) is 0.893. The van der Waals surface area contributed by atoms with Crippen molar-refractivity contribution in [3.8, 4) is 0 Å². The van der Waals surface area contributed by atoms with Gasteiger partial charge in [0.05, 0.1) is 5.02 Å². The van der Waals surface area contributed by atoms with E-state index in [4.69, 9.17) is 17.3 Å². The first-order valence-corrected chi connectivity index (χ1v) is 7.76. The second-order valence-corrected chi connectivity index (χ2v) is 5.92. The maximum absolute atomic E-state index is 13.3. The molecule has 1 aliphatic rings. The Kier molecular flexibility index (Phi) is 4.40. The molecule has 2 aromatic carbocycles. The van der Waals surface area contributed by atoms with Gasteiger partial charge in [-0.15, -0.1) is 0 Å². The SMILES string of the molecule is NC(=O)c1ccc(NC2CCN(c3ccc(F)c(Cl)c3)C2=O)cc1. The third kappa shape index (κ3) is 3.19. The van der Waals surface area contributed by atoms with Crippen molar-refractivity contribution < 1.29 is 14.0 Å². The van der Waals surface area contributed by atoms with Crippen LogP contribution >= 0.6 is 11.6 Å². The number of rotatable bonds is 4. The molecule has 124 valence electrons. The molecule has 0 aromatic heterocycles. The van der Waals surface area contributed by atoms with Gasteiger partial charge in [-0.25, -0.2) is 4.39 Å². The third-order valence-corrected chi connectivity index (χ3v) is 4.22. The van der Waals surface area contributed by atoms with Crippen LogP contribution in [0, 0.1) is 5.82 Å². The summed E-state index contributed by atoms with van der Waals surface area (Å²) < 4.78 is 13.3. The number of amides is 2. The maximum Gasteiger partial charge on any atom is 0.249 e. The van der Waals surface area contributed by atoms with Crippen LogP contribution in [0.4, 0.5) is 15.8 Å². The zero-order valence-electron chi connectivity index (χ0n) is 12.6. The minimum absolute atomic E-state index is 0.0150. The monoisotopic (exact) mass is 347 g/mol. The summed E-state index contributed by atoms with van der Waals surface area (Å²) in [6.07, 6.45) is 0.603. The Morgan fingerprint density at radius 1 is 1.25 bits per heavy atom. The van der Waals surface area contributed by atoms with E-state index in [0.29, 0.717) is 24.2 Å². The lowest BCUT2D eigenvalue weighted by molar-refractivity contribution is -0.117. The number of halogens is 2. The highest BCUT2D eigenvalue weighted by Crippen LogP contribution is 2.27. The smallest absolute Gasteiger partial charge is 0.249 e. The molecule has 1 unspecified atom stereocenters. The van der Waals surface area contributed by atoms with Gasteiger partial charge in [-0.1, -0.05) is 11.6 Å². The average Bonchev–Trinajstić information content (AvgIpc) is 2.91. The molecule has 0 bridgehead atoms. The van der Waals surface area contributed by atoms with Crippen molar-refractivity contribution in [2.45, 2.75) is 12.5 Å². The number of carbonyl (C=O) groups excluding carboxylic acids is 2. The highest BCUT2D eigenvalue weighted by molar-refractivity contribution is 6.31. The number of nitrogens with two attached hydrogens (primary N) is 1. The van der Waals surface area contributed by atoms with E-state index in [9.17, 15) is 14.0 Å². The van der Waals surface area contributed by atoms with Crippen molar-refractivity contribution in [2.24, 2.45) is 5.73 Å². The normalized spacial score (nSPS) is 17.2. The molecule has 5 nitrogen and oxygen atoms in total. The van der Waals surface area contributed by atoms with Crippen LogP contribution in [0.2, 0.25) is 5.02 Å². The molecule has 0 aliphatic carbocycles. The fourth-order valence-corrected chi connectivity index (χ4v) is 2.83. The standard InChI is InChI=1S/C17H15ClFN3O2/c18-13-9-12(5-6-14(13)19)22-8-7-15(17(22)24)21-11-3-1-10(2-4-11)16(20)23/h1-6,9,15,21H,7-8H2,(H2,20,23). The number of carbonyl (C=O) groups is 2. The van der Waals surface area contributed by atoms with Crippen molar-refractivity contribution in [2.75, 3.05) is 16.8 Å². The van der Waals surface area contributed by atoms with Crippen molar-refractivity contribution >= 4 is 34.8 Å². The van der Waals surface area contributed by atoms with Crippen molar-refractivity contribution in [1.82, 2.24) is 0 Å². The Morgan fingerprint density at radius 2 is 1.96 bits per heavy atom. The van der Waals surface area contributed by atoms with Crippen LogP contribution in [0.1, 0.15) is 16.8 Å². The molecular weight excluding hydrogens is 333 g/mol. The van der Waals surface area contributed by atoms with Crippen molar-refractivity contribution in [3.05, 3.63) is 58.9 Å². The summed E-state index contributed by atoms with van der Waals surface area (Å²) in [5.41, 5.74) is 6.89. The minimum atomic E-state index is -0.517. The number of anilines is 2. The van der Waals surface area contributed by atoms with Gasteiger partial charge in [0.15, 0.2) is 0 Å². The topological polar surface area (TPSA) is 75.4 Å². The lowest BCUT2D eigenvalue weighted by Gasteiger charge is -2.18. The molecule has 3 N–H and O–H groups in total. The lowest BCUT2D eigenvalue weighted by atomic mass is 10.1. The van der Waals surface area contributed by atoms with Gasteiger partial charge in [-0.3, -0.25) is 9.59 Å². The van der Waals surface area contributed by atoms with Gasteiger partial charge in [0.25, 0.3) is 0 Å². The van der Waals surface area contributed by atoms with Gasteiger partial charge in [-0.05, 0) is 48.9 Å². The van der Waals surface area contributed by atoms with E-state index in [1.54, 1.807) is 29.2 Å². The van der Waals surface area contributed by atoms with E-state index in [2.05, 4.69) is 5.32 Å². The Hall–Kier alpha value is -2.60. The Balaban J connectivity index is 1.71. The summed E-state index contributed by atoms with van der Waals surface area (Å²) in [6, 6.07) is 10.4. The van der Waals surface area contributed by atoms with Gasteiger partial charge < -0.3 is 16.0 Å². The molecule has 1 atom stereocenters. The van der Waals surface area contributed by atoms with Gasteiger partial charge in [-0.2, -0.15) is 0 Å². The molecule has 1 fully saturated rings. The van der Waals surface area contributed by atoms with Crippen LogP contribution in [0.3, 0.4) is 0 Å². The predicted molar refractivity (Wildman–Crippen MR) is 90.8 cm³/mol.